The topological polar surface area (TPSA) is 94.7 Å². The van der Waals surface area contributed by atoms with Crippen LogP contribution in [0.15, 0.2) is 60.9 Å². The number of nitrogens with one attached hydrogen (secondary N) is 3. The number of nitrogens with zero attached hydrogens (tertiary/aromatic N) is 2. The van der Waals surface area contributed by atoms with Crippen molar-refractivity contribution < 1.29 is 4.74 Å². The molecule has 4 rings (SSSR count). The summed E-state index contributed by atoms with van der Waals surface area (Å²) < 4.78 is 5.50. The van der Waals surface area contributed by atoms with Crippen LogP contribution in [0.3, 0.4) is 0 Å². The molecule has 35 heavy (non-hydrogen) atoms. The van der Waals surface area contributed by atoms with Crippen molar-refractivity contribution in [2.24, 2.45) is 0 Å². The van der Waals surface area contributed by atoms with Crippen LogP contribution in [0.1, 0.15) is 49.4 Å². The van der Waals surface area contributed by atoms with Gasteiger partial charge in [0, 0.05) is 22.9 Å². The molecule has 0 radical (unpaired) electrons. The number of hydrogen-bond acceptors (Lipinski definition) is 7. The maximum atomic E-state index is 8.32. The molecule has 3 N–H and O–H groups in total. The third kappa shape index (κ3) is 6.97. The molecule has 1 fully saturated rings. The van der Waals surface area contributed by atoms with E-state index in [1.165, 1.54) is 37.2 Å². The zero-order chi connectivity index (χ0) is 24.6. The fraction of sp³-hybridized carbons (Fsp3) is 0.333. The van der Waals surface area contributed by atoms with Gasteiger partial charge in [-0.1, -0.05) is 56.2 Å². The van der Waals surface area contributed by atoms with Crippen molar-refractivity contribution in [2.75, 3.05) is 13.2 Å². The van der Waals surface area contributed by atoms with Gasteiger partial charge in [-0.15, -0.1) is 11.4 Å². The molecule has 0 spiro atoms. The molecule has 6 nitrogen and oxygen atoms in total. The van der Waals surface area contributed by atoms with Crippen molar-refractivity contribution in [3.05, 3.63) is 77.7 Å². The Morgan fingerprint density at radius 3 is 2.43 bits per heavy atom. The van der Waals surface area contributed by atoms with Gasteiger partial charge in [-0.2, -0.15) is 0 Å². The molecule has 0 amide bonds. The van der Waals surface area contributed by atoms with Gasteiger partial charge >= 0.3 is 0 Å². The van der Waals surface area contributed by atoms with Gasteiger partial charge < -0.3 is 10.1 Å². The van der Waals surface area contributed by atoms with Gasteiger partial charge in [0.2, 0.25) is 11.8 Å². The molecule has 0 bridgehead atoms. The van der Waals surface area contributed by atoms with Gasteiger partial charge in [0.1, 0.15) is 5.69 Å². The third-order valence-corrected chi connectivity index (χ3v) is 10.6. The monoisotopic (exact) mass is 505 g/mol. The number of rotatable bonds is 9. The molecular weight excluding hydrogens is 473 g/mol. The van der Waals surface area contributed by atoms with Crippen LogP contribution in [0.2, 0.25) is 0 Å². The van der Waals surface area contributed by atoms with E-state index in [0.29, 0.717) is 17.0 Å². The van der Waals surface area contributed by atoms with Crippen molar-refractivity contribution >= 4 is 35.6 Å². The first-order valence-electron chi connectivity index (χ1n) is 12.0. The van der Waals surface area contributed by atoms with E-state index in [1.807, 2.05) is 24.3 Å². The first kappa shape index (κ1) is 25.5. The zero-order valence-electron chi connectivity index (χ0n) is 20.3. The van der Waals surface area contributed by atoms with Gasteiger partial charge in [0.15, 0.2) is 0 Å². The summed E-state index contributed by atoms with van der Waals surface area (Å²) in [6, 6.07) is 16.1. The van der Waals surface area contributed by atoms with E-state index in [0.717, 1.165) is 29.5 Å². The van der Waals surface area contributed by atoms with Crippen LogP contribution >= 0.6 is 18.5 Å². The van der Waals surface area contributed by atoms with Crippen LogP contribution in [-0.4, -0.2) is 40.2 Å². The van der Waals surface area contributed by atoms with Gasteiger partial charge in [0.05, 0.1) is 18.1 Å². The van der Waals surface area contributed by atoms with E-state index in [2.05, 4.69) is 64.5 Å². The Bertz CT molecular complexity index is 1150. The molecule has 0 saturated heterocycles. The Kier molecular flexibility index (Phi) is 9.02. The van der Waals surface area contributed by atoms with Crippen LogP contribution < -0.4 is 10.6 Å². The van der Waals surface area contributed by atoms with Gasteiger partial charge in [-0.25, -0.2) is 4.98 Å². The van der Waals surface area contributed by atoms with Crippen molar-refractivity contribution in [1.82, 2.24) is 15.3 Å². The lowest BCUT2D eigenvalue weighted by Crippen LogP contribution is -2.15. The number of ether oxygens (including phenoxy) is 1. The van der Waals surface area contributed by atoms with E-state index >= 15 is 0 Å². The summed E-state index contributed by atoms with van der Waals surface area (Å²) in [4.78, 5) is 8.85. The summed E-state index contributed by atoms with van der Waals surface area (Å²) >= 11 is 2.15. The molecule has 1 saturated carbocycles. The Labute approximate surface area is 212 Å². The maximum Gasteiger partial charge on any atom is 0.241 e. The van der Waals surface area contributed by atoms with Crippen LogP contribution in [-0.2, 0) is 11.3 Å². The van der Waals surface area contributed by atoms with Crippen molar-refractivity contribution in [1.29, 1.82) is 10.8 Å². The molecule has 1 aliphatic rings. The van der Waals surface area contributed by atoms with Gasteiger partial charge in [-0.3, -0.25) is 15.8 Å². The highest BCUT2D eigenvalue weighted by Gasteiger charge is 2.19. The molecule has 8 heteroatoms. The minimum Gasteiger partial charge on any atom is -0.419 e. The lowest BCUT2D eigenvalue weighted by atomic mass is 10.1. The van der Waals surface area contributed by atoms with Crippen LogP contribution in [0.5, 0.6) is 0 Å². The standard InChI is InChI=1S/C27H32N5OPS/c1-3-30-16-19-8-10-21(11-9-19)26(28)33-27(29)25-18-31-17-24(32-25)20-12-14-22(15-13-20)34(2)35-23-6-4-5-7-23/h8-15,17-18,23,28-30H,3-7,16H2,1-2H3. The Morgan fingerprint density at radius 2 is 1.74 bits per heavy atom. The normalized spacial score (nSPS) is 14.6. The highest BCUT2D eigenvalue weighted by Crippen LogP contribution is 2.51. The van der Waals surface area contributed by atoms with E-state index in [-0.39, 0.29) is 18.9 Å². The molecular formula is C27H32N5OPS. The average molecular weight is 506 g/mol. The Balaban J connectivity index is 1.38. The van der Waals surface area contributed by atoms with E-state index < -0.39 is 0 Å². The molecule has 3 aromatic rings. The SMILES string of the molecule is CCNCc1ccc(C(=N)OC(=N)c2cncc(-c3ccc(P(C)SC4CCCC4)cc3)n2)cc1. The van der Waals surface area contributed by atoms with E-state index in [1.54, 1.807) is 6.20 Å². The molecule has 1 aromatic heterocycles. The van der Waals surface area contributed by atoms with E-state index in [4.69, 9.17) is 15.6 Å². The molecule has 1 aliphatic carbocycles. The fourth-order valence-corrected chi connectivity index (χ4v) is 8.38. The molecule has 1 unspecified atom stereocenters. The van der Waals surface area contributed by atoms with Crippen molar-refractivity contribution in [3.63, 3.8) is 0 Å². The lowest BCUT2D eigenvalue weighted by Gasteiger charge is -2.17. The van der Waals surface area contributed by atoms with E-state index in [9.17, 15) is 0 Å². The summed E-state index contributed by atoms with van der Waals surface area (Å²) in [6.07, 6.45) is 8.64. The molecule has 1 atom stereocenters. The maximum absolute atomic E-state index is 8.32. The van der Waals surface area contributed by atoms with Gasteiger partial charge in [0.25, 0.3) is 0 Å². The highest BCUT2D eigenvalue weighted by molar-refractivity contribution is 8.58. The average Bonchev–Trinajstić information content (AvgIpc) is 3.41. The summed E-state index contributed by atoms with van der Waals surface area (Å²) in [5.41, 5.74) is 3.69. The molecule has 1 heterocycles. The minimum atomic E-state index is -0.223. The zero-order valence-corrected chi connectivity index (χ0v) is 22.0. The second kappa shape index (κ2) is 12.4. The van der Waals surface area contributed by atoms with Crippen LogP contribution in [0, 0.1) is 10.8 Å². The summed E-state index contributed by atoms with van der Waals surface area (Å²) in [5.74, 6) is -0.277. The molecule has 0 aliphatic heterocycles. The number of benzene rings is 2. The minimum absolute atomic E-state index is 0.0855. The third-order valence-electron chi connectivity index (χ3n) is 6.00. The Morgan fingerprint density at radius 1 is 1.03 bits per heavy atom. The summed E-state index contributed by atoms with van der Waals surface area (Å²) in [5, 5.41) is 22.0. The summed E-state index contributed by atoms with van der Waals surface area (Å²) in [7, 11) is -0.223. The fourth-order valence-electron chi connectivity index (χ4n) is 3.99. The second-order valence-electron chi connectivity index (χ2n) is 8.58. The Hall–Kier alpha value is -2.60. The quantitative estimate of drug-likeness (QED) is 0.190. The smallest absolute Gasteiger partial charge is 0.241 e. The molecule has 182 valence electrons. The first-order chi connectivity index (χ1) is 17.0. The molecule has 2 aromatic carbocycles. The highest BCUT2D eigenvalue weighted by atomic mass is 32.7. The number of hydrogen-bond donors (Lipinski definition) is 3. The van der Waals surface area contributed by atoms with Crippen LogP contribution in [0.25, 0.3) is 11.3 Å². The van der Waals surface area contributed by atoms with Crippen molar-refractivity contribution in [3.8, 4) is 11.3 Å². The predicted octanol–water partition coefficient (Wildman–Crippen LogP) is 5.95. The first-order valence-corrected chi connectivity index (χ1v) is 15.3. The second-order valence-corrected chi connectivity index (χ2v) is 13.2. The van der Waals surface area contributed by atoms with Gasteiger partial charge in [-0.05, 0) is 56.2 Å². The summed E-state index contributed by atoms with van der Waals surface area (Å²) in [6.45, 7) is 6.09. The van der Waals surface area contributed by atoms with Crippen LogP contribution in [0.4, 0.5) is 0 Å². The largest absolute Gasteiger partial charge is 0.419 e. The van der Waals surface area contributed by atoms with Crippen molar-refractivity contribution in [2.45, 2.75) is 44.4 Å². The lowest BCUT2D eigenvalue weighted by molar-refractivity contribution is 0.535. The number of aromatic nitrogens is 2. The predicted molar refractivity (Wildman–Crippen MR) is 148 cm³/mol.